The van der Waals surface area contributed by atoms with E-state index in [0.717, 1.165) is 41.4 Å². The fraction of sp³-hybridized carbons (Fsp3) is 0.526. The van der Waals surface area contributed by atoms with Gasteiger partial charge in [0.15, 0.2) is 0 Å². The zero-order chi connectivity index (χ0) is 15.3. The topological polar surface area (TPSA) is 39.4 Å². The lowest BCUT2D eigenvalue weighted by atomic mass is 9.76. The molecule has 4 rings (SSSR count). The van der Waals surface area contributed by atoms with Gasteiger partial charge in [-0.2, -0.15) is 0 Å². The lowest BCUT2D eigenvalue weighted by Gasteiger charge is -2.31. The number of benzene rings is 1. The molecule has 0 N–H and O–H groups in total. The Morgan fingerprint density at radius 2 is 1.95 bits per heavy atom. The van der Waals surface area contributed by atoms with Crippen LogP contribution in [-0.2, 0) is 0 Å². The van der Waals surface area contributed by atoms with Gasteiger partial charge in [0.25, 0.3) is 0 Å². The molecule has 2 fully saturated rings. The van der Waals surface area contributed by atoms with Gasteiger partial charge in [0.2, 0.25) is 0 Å². The first-order valence-corrected chi connectivity index (χ1v) is 8.28. The minimum absolute atomic E-state index is 0.319. The van der Waals surface area contributed by atoms with E-state index in [0.29, 0.717) is 11.5 Å². The molecule has 1 aromatic carbocycles. The van der Waals surface area contributed by atoms with Crippen LogP contribution in [0.4, 0.5) is 0 Å². The molecule has 0 saturated heterocycles. The first-order chi connectivity index (χ1) is 10.6. The summed E-state index contributed by atoms with van der Waals surface area (Å²) in [5.41, 5.74) is 0.278. The molecule has 22 heavy (non-hydrogen) atoms. The largest absolute Gasteiger partial charge is 0.493 e. The summed E-state index contributed by atoms with van der Waals surface area (Å²) in [6.07, 6.45) is 2.68. The minimum Gasteiger partial charge on any atom is -0.493 e. The van der Waals surface area contributed by atoms with Crippen molar-refractivity contribution in [2.45, 2.75) is 26.7 Å². The van der Waals surface area contributed by atoms with Crippen LogP contribution in [0.5, 0.6) is 5.75 Å². The Balaban J connectivity index is 1.47. The minimum atomic E-state index is -0.319. The summed E-state index contributed by atoms with van der Waals surface area (Å²) in [5, 5.41) is 0.925. The smallest absolute Gasteiger partial charge is 0.336 e. The summed E-state index contributed by atoms with van der Waals surface area (Å²) < 4.78 is 11.2. The number of ether oxygens (including phenoxy) is 1. The van der Waals surface area contributed by atoms with Gasteiger partial charge in [-0.15, -0.1) is 0 Å². The average Bonchev–Trinajstić information content (AvgIpc) is 3.05. The van der Waals surface area contributed by atoms with Gasteiger partial charge in [0.1, 0.15) is 11.3 Å². The van der Waals surface area contributed by atoms with Crippen molar-refractivity contribution in [2.24, 2.45) is 29.6 Å². The zero-order valence-corrected chi connectivity index (χ0v) is 13.1. The summed E-state index contributed by atoms with van der Waals surface area (Å²) in [4.78, 5) is 11.3. The van der Waals surface area contributed by atoms with Crippen LogP contribution in [0.1, 0.15) is 26.7 Å². The third-order valence-corrected chi connectivity index (χ3v) is 6.09. The molecule has 5 unspecified atom stereocenters. The van der Waals surface area contributed by atoms with Gasteiger partial charge >= 0.3 is 5.63 Å². The quantitative estimate of drug-likeness (QED) is 0.801. The van der Waals surface area contributed by atoms with Gasteiger partial charge in [0, 0.05) is 17.5 Å². The number of hydrogen-bond donors (Lipinski definition) is 0. The van der Waals surface area contributed by atoms with Gasteiger partial charge in [0.05, 0.1) is 6.61 Å². The monoisotopic (exact) mass is 298 g/mol. The van der Waals surface area contributed by atoms with E-state index in [1.807, 2.05) is 18.2 Å². The van der Waals surface area contributed by atoms with Crippen molar-refractivity contribution in [3.63, 3.8) is 0 Å². The van der Waals surface area contributed by atoms with Crippen molar-refractivity contribution in [3.05, 3.63) is 40.8 Å². The van der Waals surface area contributed by atoms with Crippen LogP contribution in [0.15, 0.2) is 39.5 Å². The van der Waals surface area contributed by atoms with Gasteiger partial charge in [-0.25, -0.2) is 4.79 Å². The predicted molar refractivity (Wildman–Crippen MR) is 86.0 cm³/mol. The van der Waals surface area contributed by atoms with Crippen LogP contribution < -0.4 is 10.4 Å². The molecule has 5 atom stereocenters. The van der Waals surface area contributed by atoms with E-state index >= 15 is 0 Å². The molecule has 2 aromatic rings. The third kappa shape index (κ3) is 2.23. The maximum absolute atomic E-state index is 11.3. The third-order valence-electron chi connectivity index (χ3n) is 6.09. The second-order valence-electron chi connectivity index (χ2n) is 7.14. The van der Waals surface area contributed by atoms with E-state index in [9.17, 15) is 4.79 Å². The van der Waals surface area contributed by atoms with Crippen molar-refractivity contribution in [1.82, 2.24) is 0 Å². The Kier molecular flexibility index (Phi) is 3.24. The standard InChI is InChI=1S/C19H22O3/c1-11-12(2)17-8-14(11)7-15(17)10-21-16-5-3-13-4-6-19(20)22-18(13)9-16/h3-6,9,11-12,14-15,17H,7-8,10H2,1-2H3. The van der Waals surface area contributed by atoms with Crippen LogP contribution in [0.3, 0.4) is 0 Å². The van der Waals surface area contributed by atoms with Crippen molar-refractivity contribution >= 4 is 11.0 Å². The van der Waals surface area contributed by atoms with Crippen molar-refractivity contribution in [2.75, 3.05) is 6.61 Å². The molecular weight excluding hydrogens is 276 g/mol. The average molecular weight is 298 g/mol. The molecule has 1 heterocycles. The number of rotatable bonds is 3. The molecule has 1 aromatic heterocycles. The van der Waals surface area contributed by atoms with E-state index in [1.54, 1.807) is 6.07 Å². The molecule has 2 bridgehead atoms. The maximum atomic E-state index is 11.3. The molecule has 3 heteroatoms. The van der Waals surface area contributed by atoms with Crippen LogP contribution in [-0.4, -0.2) is 6.61 Å². The second-order valence-corrected chi connectivity index (χ2v) is 7.14. The molecule has 2 saturated carbocycles. The van der Waals surface area contributed by atoms with Gasteiger partial charge in [-0.05, 0) is 60.6 Å². The Hall–Kier alpha value is -1.77. The SMILES string of the molecule is CC1C2CC(COc3ccc4ccc(=O)oc4c3)C(C2)C1C. The molecule has 3 nitrogen and oxygen atoms in total. The number of hydrogen-bond acceptors (Lipinski definition) is 3. The summed E-state index contributed by atoms with van der Waals surface area (Å²) in [7, 11) is 0. The molecule has 0 spiro atoms. The van der Waals surface area contributed by atoms with Crippen LogP contribution in [0, 0.1) is 29.6 Å². The Morgan fingerprint density at radius 3 is 2.73 bits per heavy atom. The fourth-order valence-electron chi connectivity index (χ4n) is 4.62. The van der Waals surface area contributed by atoms with Gasteiger partial charge in [-0.3, -0.25) is 0 Å². The highest BCUT2D eigenvalue weighted by Gasteiger charge is 2.48. The van der Waals surface area contributed by atoms with Crippen LogP contribution >= 0.6 is 0 Å². The molecule has 2 aliphatic carbocycles. The zero-order valence-electron chi connectivity index (χ0n) is 13.1. The molecule has 116 valence electrons. The highest BCUT2D eigenvalue weighted by molar-refractivity contribution is 5.77. The summed E-state index contributed by atoms with van der Waals surface area (Å²) in [6.45, 7) is 5.57. The molecule has 0 amide bonds. The van der Waals surface area contributed by atoms with Crippen molar-refractivity contribution in [1.29, 1.82) is 0 Å². The normalized spacial score (nSPS) is 33.5. The van der Waals surface area contributed by atoms with Crippen LogP contribution in [0.2, 0.25) is 0 Å². The lowest BCUT2D eigenvalue weighted by molar-refractivity contribution is 0.132. The predicted octanol–water partition coefficient (Wildman–Crippen LogP) is 4.10. The maximum Gasteiger partial charge on any atom is 0.336 e. The van der Waals surface area contributed by atoms with E-state index in [1.165, 1.54) is 18.9 Å². The highest BCUT2D eigenvalue weighted by atomic mass is 16.5. The molecule has 0 aliphatic heterocycles. The Morgan fingerprint density at radius 1 is 1.14 bits per heavy atom. The summed E-state index contributed by atoms with van der Waals surface area (Å²) in [5.74, 6) is 4.87. The first kappa shape index (κ1) is 13.9. The summed E-state index contributed by atoms with van der Waals surface area (Å²) >= 11 is 0. The molecule has 2 aliphatic rings. The van der Waals surface area contributed by atoms with Crippen molar-refractivity contribution < 1.29 is 9.15 Å². The van der Waals surface area contributed by atoms with Gasteiger partial charge < -0.3 is 9.15 Å². The van der Waals surface area contributed by atoms with Crippen LogP contribution in [0.25, 0.3) is 11.0 Å². The first-order valence-electron chi connectivity index (χ1n) is 8.28. The fourth-order valence-corrected chi connectivity index (χ4v) is 4.62. The molecule has 0 radical (unpaired) electrons. The Bertz CT molecular complexity index is 746. The van der Waals surface area contributed by atoms with E-state index in [-0.39, 0.29) is 5.63 Å². The number of fused-ring (bicyclic) bond motifs is 3. The highest BCUT2D eigenvalue weighted by Crippen LogP contribution is 2.54. The van der Waals surface area contributed by atoms with E-state index in [4.69, 9.17) is 9.15 Å². The Labute approximate surface area is 130 Å². The molecular formula is C19H22O3. The van der Waals surface area contributed by atoms with E-state index in [2.05, 4.69) is 13.8 Å². The van der Waals surface area contributed by atoms with E-state index < -0.39 is 0 Å². The second kappa shape index (κ2) is 5.15. The van der Waals surface area contributed by atoms with Crippen molar-refractivity contribution in [3.8, 4) is 5.75 Å². The van der Waals surface area contributed by atoms with Gasteiger partial charge in [-0.1, -0.05) is 13.8 Å². The lowest BCUT2D eigenvalue weighted by Crippen LogP contribution is -2.28. The summed E-state index contributed by atoms with van der Waals surface area (Å²) in [6, 6.07) is 8.96.